The van der Waals surface area contributed by atoms with Crippen LogP contribution >= 0.6 is 0 Å². The number of nitrogens with zero attached hydrogens (tertiary/aromatic N) is 2. The lowest BCUT2D eigenvalue weighted by atomic mass is 9.95. The molecule has 20 heavy (non-hydrogen) atoms. The van der Waals surface area contributed by atoms with E-state index in [4.69, 9.17) is 0 Å². The molecule has 1 aliphatic rings. The number of β-amino-alcohol motifs (C(OH)–C–C–N with tert-alkyl or cyclic N) is 1. The van der Waals surface area contributed by atoms with Crippen LogP contribution < -0.4 is 0 Å². The maximum atomic E-state index is 12.4. The number of nitro groups is 1. The summed E-state index contributed by atoms with van der Waals surface area (Å²) in [7, 11) is 0. The minimum atomic E-state index is -0.508. The van der Waals surface area contributed by atoms with Crippen LogP contribution in [0, 0.1) is 23.0 Å². The average molecular weight is 278 g/mol. The van der Waals surface area contributed by atoms with Crippen LogP contribution in [0.25, 0.3) is 0 Å². The van der Waals surface area contributed by atoms with Crippen molar-refractivity contribution in [1.29, 1.82) is 0 Å². The summed E-state index contributed by atoms with van der Waals surface area (Å²) in [6.45, 7) is 4.57. The number of non-ortho nitro benzene ring substituents is 1. The number of nitro benzene ring substituents is 1. The zero-order chi connectivity index (χ0) is 14.9. The molecule has 1 N–H and O–H groups in total. The molecule has 6 heteroatoms. The van der Waals surface area contributed by atoms with Crippen LogP contribution in [-0.4, -0.2) is 40.0 Å². The van der Waals surface area contributed by atoms with Crippen LogP contribution in [-0.2, 0) is 0 Å². The lowest BCUT2D eigenvalue weighted by Gasteiger charge is -2.34. The molecule has 1 aromatic rings. The summed E-state index contributed by atoms with van der Waals surface area (Å²) < 4.78 is 0. The van der Waals surface area contributed by atoms with E-state index in [0.29, 0.717) is 24.2 Å². The van der Waals surface area contributed by atoms with Crippen LogP contribution in [0.3, 0.4) is 0 Å². The number of rotatable bonds is 2. The number of benzene rings is 1. The van der Waals surface area contributed by atoms with Gasteiger partial charge in [0.05, 0.1) is 11.0 Å². The van der Waals surface area contributed by atoms with Crippen molar-refractivity contribution in [3.63, 3.8) is 0 Å². The standard InChI is InChI=1S/C14H18N2O4/c1-9-5-6-15(8-13(9)17)14(18)12-4-3-11(16(19)20)7-10(12)2/h3-4,7,9,13,17H,5-6,8H2,1-2H3. The van der Waals surface area contributed by atoms with Gasteiger partial charge in [0.25, 0.3) is 11.6 Å². The van der Waals surface area contributed by atoms with Crippen molar-refractivity contribution in [3.8, 4) is 0 Å². The molecule has 2 atom stereocenters. The van der Waals surface area contributed by atoms with Crippen molar-refractivity contribution < 1.29 is 14.8 Å². The fraction of sp³-hybridized carbons (Fsp3) is 0.500. The quantitative estimate of drug-likeness (QED) is 0.659. The second-order valence-corrected chi connectivity index (χ2v) is 5.34. The number of aryl methyl sites for hydroxylation is 1. The van der Waals surface area contributed by atoms with E-state index in [1.165, 1.54) is 18.2 Å². The Bertz CT molecular complexity index is 544. The Labute approximate surface area is 117 Å². The number of piperidine rings is 1. The molecule has 108 valence electrons. The Morgan fingerprint density at radius 1 is 1.50 bits per heavy atom. The van der Waals surface area contributed by atoms with Gasteiger partial charge in [-0.05, 0) is 30.9 Å². The van der Waals surface area contributed by atoms with Crippen molar-refractivity contribution in [2.24, 2.45) is 5.92 Å². The highest BCUT2D eigenvalue weighted by Gasteiger charge is 2.28. The molecule has 0 saturated carbocycles. The first-order chi connectivity index (χ1) is 9.40. The molecule has 1 saturated heterocycles. The van der Waals surface area contributed by atoms with E-state index in [1.807, 2.05) is 6.92 Å². The second kappa shape index (κ2) is 5.58. The van der Waals surface area contributed by atoms with Crippen LogP contribution in [0.5, 0.6) is 0 Å². The molecule has 0 bridgehead atoms. The van der Waals surface area contributed by atoms with E-state index in [0.717, 1.165) is 6.42 Å². The third kappa shape index (κ3) is 2.80. The van der Waals surface area contributed by atoms with Gasteiger partial charge < -0.3 is 10.0 Å². The molecule has 1 heterocycles. The number of carbonyl (C=O) groups is 1. The fourth-order valence-corrected chi connectivity index (χ4v) is 2.41. The predicted molar refractivity (Wildman–Crippen MR) is 73.5 cm³/mol. The van der Waals surface area contributed by atoms with Crippen molar-refractivity contribution in [3.05, 3.63) is 39.4 Å². The number of aliphatic hydroxyl groups excluding tert-OH is 1. The number of amides is 1. The van der Waals surface area contributed by atoms with Crippen LogP contribution in [0.4, 0.5) is 5.69 Å². The molecule has 1 amide bonds. The zero-order valence-electron chi connectivity index (χ0n) is 11.6. The summed E-state index contributed by atoms with van der Waals surface area (Å²) >= 11 is 0. The lowest BCUT2D eigenvalue weighted by molar-refractivity contribution is -0.384. The van der Waals surface area contributed by atoms with Crippen LogP contribution in [0.15, 0.2) is 18.2 Å². The van der Waals surface area contributed by atoms with E-state index in [-0.39, 0.29) is 17.5 Å². The molecular formula is C14H18N2O4. The predicted octanol–water partition coefficient (Wildman–Crippen LogP) is 1.75. The van der Waals surface area contributed by atoms with Gasteiger partial charge in [0.1, 0.15) is 0 Å². The number of hydrogen-bond donors (Lipinski definition) is 1. The molecular weight excluding hydrogens is 260 g/mol. The number of hydrogen-bond acceptors (Lipinski definition) is 4. The smallest absolute Gasteiger partial charge is 0.269 e. The maximum absolute atomic E-state index is 12.4. The monoisotopic (exact) mass is 278 g/mol. The van der Waals surface area contributed by atoms with E-state index >= 15 is 0 Å². The average Bonchev–Trinajstić information content (AvgIpc) is 2.41. The SMILES string of the molecule is Cc1cc([N+](=O)[O-])ccc1C(=O)N1CCC(C)C(O)C1. The molecule has 1 aliphatic heterocycles. The minimum absolute atomic E-state index is 0.0219. The topological polar surface area (TPSA) is 83.7 Å². The highest BCUT2D eigenvalue weighted by atomic mass is 16.6. The minimum Gasteiger partial charge on any atom is -0.391 e. The van der Waals surface area contributed by atoms with Crippen LogP contribution in [0.2, 0.25) is 0 Å². The van der Waals surface area contributed by atoms with Crippen molar-refractivity contribution in [1.82, 2.24) is 4.90 Å². The molecule has 2 unspecified atom stereocenters. The Hall–Kier alpha value is -1.95. The Balaban J connectivity index is 2.19. The lowest BCUT2D eigenvalue weighted by Crippen LogP contribution is -2.46. The molecule has 1 aromatic carbocycles. The first kappa shape index (κ1) is 14.5. The molecule has 0 aromatic heterocycles. The Kier molecular flexibility index (Phi) is 4.04. The normalized spacial score (nSPS) is 22.6. The third-order valence-electron chi connectivity index (χ3n) is 3.86. The first-order valence-corrected chi connectivity index (χ1v) is 6.62. The molecule has 1 fully saturated rings. The fourth-order valence-electron chi connectivity index (χ4n) is 2.41. The molecule has 0 radical (unpaired) electrons. The van der Waals surface area contributed by atoms with Crippen molar-refractivity contribution >= 4 is 11.6 Å². The highest BCUT2D eigenvalue weighted by molar-refractivity contribution is 5.96. The van der Waals surface area contributed by atoms with Gasteiger partial charge in [-0.3, -0.25) is 14.9 Å². The van der Waals surface area contributed by atoms with Gasteiger partial charge in [0.15, 0.2) is 0 Å². The van der Waals surface area contributed by atoms with Crippen molar-refractivity contribution in [2.45, 2.75) is 26.4 Å². The van der Waals surface area contributed by atoms with Gasteiger partial charge in [0.2, 0.25) is 0 Å². The highest BCUT2D eigenvalue weighted by Crippen LogP contribution is 2.22. The molecule has 6 nitrogen and oxygen atoms in total. The summed E-state index contributed by atoms with van der Waals surface area (Å²) in [5.41, 5.74) is 1.01. The summed E-state index contributed by atoms with van der Waals surface area (Å²) in [5, 5.41) is 20.5. The van der Waals surface area contributed by atoms with E-state index in [9.17, 15) is 20.0 Å². The Morgan fingerprint density at radius 2 is 2.20 bits per heavy atom. The Morgan fingerprint density at radius 3 is 2.75 bits per heavy atom. The van der Waals surface area contributed by atoms with Gasteiger partial charge in [0, 0.05) is 30.8 Å². The maximum Gasteiger partial charge on any atom is 0.269 e. The largest absolute Gasteiger partial charge is 0.391 e. The molecule has 2 rings (SSSR count). The summed E-state index contributed by atoms with van der Waals surface area (Å²) in [6.07, 6.45) is 0.255. The second-order valence-electron chi connectivity index (χ2n) is 5.34. The zero-order valence-corrected chi connectivity index (χ0v) is 11.6. The number of aliphatic hydroxyl groups is 1. The molecule has 0 aliphatic carbocycles. The van der Waals surface area contributed by atoms with E-state index in [2.05, 4.69) is 0 Å². The summed E-state index contributed by atoms with van der Waals surface area (Å²) in [4.78, 5) is 24.2. The van der Waals surface area contributed by atoms with E-state index in [1.54, 1.807) is 11.8 Å². The van der Waals surface area contributed by atoms with Crippen LogP contribution in [0.1, 0.15) is 29.3 Å². The van der Waals surface area contributed by atoms with Gasteiger partial charge in [-0.1, -0.05) is 6.92 Å². The van der Waals surface area contributed by atoms with E-state index < -0.39 is 11.0 Å². The van der Waals surface area contributed by atoms with Gasteiger partial charge in [-0.25, -0.2) is 0 Å². The molecule has 0 spiro atoms. The summed E-state index contributed by atoms with van der Waals surface area (Å²) in [6, 6.07) is 4.22. The van der Waals surface area contributed by atoms with Crippen molar-refractivity contribution in [2.75, 3.05) is 13.1 Å². The number of likely N-dealkylation sites (tertiary alicyclic amines) is 1. The van der Waals surface area contributed by atoms with Gasteiger partial charge in [-0.15, -0.1) is 0 Å². The third-order valence-corrected chi connectivity index (χ3v) is 3.86. The first-order valence-electron chi connectivity index (χ1n) is 6.62. The van der Waals surface area contributed by atoms with Gasteiger partial charge in [-0.2, -0.15) is 0 Å². The van der Waals surface area contributed by atoms with Gasteiger partial charge >= 0.3 is 0 Å². The summed E-state index contributed by atoms with van der Waals surface area (Å²) in [5.74, 6) is 0.0142. The number of carbonyl (C=O) groups excluding carboxylic acids is 1.